The molecule has 6 heteroatoms. The number of para-hydroxylation sites is 1. The molecule has 1 amide bonds. The number of aromatic amines is 1. The summed E-state index contributed by atoms with van der Waals surface area (Å²) in [6, 6.07) is 7.78. The summed E-state index contributed by atoms with van der Waals surface area (Å²) >= 11 is 0. The molecule has 110 valence electrons. The lowest BCUT2D eigenvalue weighted by Gasteiger charge is -2.08. The highest BCUT2D eigenvalue weighted by Gasteiger charge is 2.28. The Labute approximate surface area is 122 Å². The van der Waals surface area contributed by atoms with E-state index in [0.29, 0.717) is 18.9 Å². The molecule has 1 aliphatic rings. The van der Waals surface area contributed by atoms with Gasteiger partial charge in [-0.05, 0) is 30.9 Å². The minimum atomic E-state index is -0.243. The Hall–Kier alpha value is -2.37. The van der Waals surface area contributed by atoms with Gasteiger partial charge in [-0.1, -0.05) is 18.2 Å². The molecule has 0 spiro atoms. The maximum absolute atomic E-state index is 12.0. The number of amides is 1. The molecule has 2 aromatic rings. The van der Waals surface area contributed by atoms with E-state index >= 15 is 0 Å². The standard InChI is InChI=1S/C15H18N4O2/c1-21-12-5-3-2-4-10(12)8-9-16-15(20)14-17-13(18-19-14)11-6-7-11/h2-5,11H,6-9H2,1H3,(H,16,20)(H,17,18,19). The monoisotopic (exact) mass is 286 g/mol. The number of benzene rings is 1. The van der Waals surface area contributed by atoms with E-state index < -0.39 is 0 Å². The third-order valence-corrected chi connectivity index (χ3v) is 3.54. The number of aromatic nitrogens is 3. The van der Waals surface area contributed by atoms with Gasteiger partial charge in [0, 0.05) is 12.5 Å². The highest BCUT2D eigenvalue weighted by Crippen LogP contribution is 2.37. The number of carbonyl (C=O) groups is 1. The summed E-state index contributed by atoms with van der Waals surface area (Å²) in [4.78, 5) is 16.2. The average Bonchev–Trinajstić information content (AvgIpc) is 3.25. The highest BCUT2D eigenvalue weighted by atomic mass is 16.5. The second-order valence-corrected chi connectivity index (χ2v) is 5.14. The third-order valence-electron chi connectivity index (χ3n) is 3.54. The van der Waals surface area contributed by atoms with Gasteiger partial charge in [0.15, 0.2) is 0 Å². The second kappa shape index (κ2) is 5.95. The van der Waals surface area contributed by atoms with Crippen LogP contribution < -0.4 is 10.1 Å². The first-order valence-corrected chi connectivity index (χ1v) is 7.10. The fourth-order valence-corrected chi connectivity index (χ4v) is 2.21. The first-order valence-electron chi connectivity index (χ1n) is 7.10. The van der Waals surface area contributed by atoms with Crippen LogP contribution in [0.15, 0.2) is 24.3 Å². The van der Waals surface area contributed by atoms with Gasteiger partial charge in [0.1, 0.15) is 11.6 Å². The van der Waals surface area contributed by atoms with Crippen molar-refractivity contribution < 1.29 is 9.53 Å². The zero-order chi connectivity index (χ0) is 14.7. The number of nitrogens with one attached hydrogen (secondary N) is 2. The van der Waals surface area contributed by atoms with Crippen LogP contribution in [0, 0.1) is 0 Å². The van der Waals surface area contributed by atoms with Crippen molar-refractivity contribution in [1.82, 2.24) is 20.5 Å². The summed E-state index contributed by atoms with van der Waals surface area (Å²) in [6.45, 7) is 0.520. The van der Waals surface area contributed by atoms with E-state index in [9.17, 15) is 4.79 Å². The van der Waals surface area contributed by atoms with Crippen LogP contribution in [-0.2, 0) is 6.42 Å². The van der Waals surface area contributed by atoms with Gasteiger partial charge >= 0.3 is 0 Å². The van der Waals surface area contributed by atoms with Crippen LogP contribution in [0.4, 0.5) is 0 Å². The summed E-state index contributed by atoms with van der Waals surface area (Å²) in [7, 11) is 1.64. The lowest BCUT2D eigenvalue weighted by molar-refractivity contribution is 0.0944. The van der Waals surface area contributed by atoms with Crippen molar-refractivity contribution >= 4 is 5.91 Å². The number of methoxy groups -OCH3 is 1. The molecule has 6 nitrogen and oxygen atoms in total. The topological polar surface area (TPSA) is 79.9 Å². The molecule has 0 bridgehead atoms. The molecular formula is C15H18N4O2. The van der Waals surface area contributed by atoms with Crippen molar-refractivity contribution in [3.05, 3.63) is 41.5 Å². The summed E-state index contributed by atoms with van der Waals surface area (Å²) in [5.74, 6) is 2.10. The Morgan fingerprint density at radius 2 is 2.24 bits per heavy atom. The fraction of sp³-hybridized carbons (Fsp3) is 0.400. The molecule has 0 unspecified atom stereocenters. The number of hydrogen-bond donors (Lipinski definition) is 2. The molecule has 2 N–H and O–H groups in total. The molecule has 1 aromatic carbocycles. The van der Waals surface area contributed by atoms with Crippen LogP contribution >= 0.6 is 0 Å². The van der Waals surface area contributed by atoms with Gasteiger partial charge in [-0.2, -0.15) is 0 Å². The minimum absolute atomic E-state index is 0.219. The van der Waals surface area contributed by atoms with Gasteiger partial charge in [-0.25, -0.2) is 4.98 Å². The second-order valence-electron chi connectivity index (χ2n) is 5.14. The number of rotatable bonds is 6. The number of H-pyrrole nitrogens is 1. The van der Waals surface area contributed by atoms with Crippen LogP contribution in [-0.4, -0.2) is 34.7 Å². The minimum Gasteiger partial charge on any atom is -0.496 e. The van der Waals surface area contributed by atoms with Crippen LogP contribution in [0.3, 0.4) is 0 Å². The van der Waals surface area contributed by atoms with E-state index in [0.717, 1.165) is 30.0 Å². The Kier molecular flexibility index (Phi) is 3.85. The van der Waals surface area contributed by atoms with E-state index in [2.05, 4.69) is 20.5 Å². The molecule has 1 aromatic heterocycles. The van der Waals surface area contributed by atoms with Crippen LogP contribution in [0.1, 0.15) is 40.8 Å². The van der Waals surface area contributed by atoms with Gasteiger partial charge in [0.05, 0.1) is 7.11 Å². The summed E-state index contributed by atoms with van der Waals surface area (Å²) in [5, 5.41) is 9.63. The maximum atomic E-state index is 12.0. The van der Waals surface area contributed by atoms with Crippen molar-refractivity contribution in [2.24, 2.45) is 0 Å². The quantitative estimate of drug-likeness (QED) is 0.846. The molecule has 1 saturated carbocycles. The summed E-state index contributed by atoms with van der Waals surface area (Å²) in [6.07, 6.45) is 2.96. The highest BCUT2D eigenvalue weighted by molar-refractivity contribution is 5.90. The molecule has 0 saturated heterocycles. The normalized spacial score (nSPS) is 14.0. The fourth-order valence-electron chi connectivity index (χ4n) is 2.21. The lowest BCUT2D eigenvalue weighted by atomic mass is 10.1. The zero-order valence-electron chi connectivity index (χ0n) is 11.9. The van der Waals surface area contributed by atoms with Crippen molar-refractivity contribution in [3.8, 4) is 5.75 Å². The van der Waals surface area contributed by atoms with E-state index in [1.807, 2.05) is 24.3 Å². The van der Waals surface area contributed by atoms with Crippen molar-refractivity contribution in [1.29, 1.82) is 0 Å². The van der Waals surface area contributed by atoms with Gasteiger partial charge in [-0.15, -0.1) is 5.10 Å². The molecule has 1 fully saturated rings. The predicted octanol–water partition coefficient (Wildman–Crippen LogP) is 1.66. The van der Waals surface area contributed by atoms with Gasteiger partial charge in [0.2, 0.25) is 5.82 Å². The largest absolute Gasteiger partial charge is 0.496 e. The number of ether oxygens (including phenoxy) is 1. The zero-order valence-corrected chi connectivity index (χ0v) is 11.9. The molecule has 1 aliphatic carbocycles. The Morgan fingerprint density at radius 3 is 3.00 bits per heavy atom. The molecule has 0 aliphatic heterocycles. The summed E-state index contributed by atoms with van der Waals surface area (Å²) in [5.41, 5.74) is 1.06. The van der Waals surface area contributed by atoms with Gasteiger partial charge in [0.25, 0.3) is 5.91 Å². The average molecular weight is 286 g/mol. The molecule has 1 heterocycles. The van der Waals surface area contributed by atoms with E-state index in [1.165, 1.54) is 0 Å². The number of nitrogens with zero attached hydrogens (tertiary/aromatic N) is 2. The predicted molar refractivity (Wildman–Crippen MR) is 77.4 cm³/mol. The van der Waals surface area contributed by atoms with E-state index in [1.54, 1.807) is 7.11 Å². The van der Waals surface area contributed by atoms with Gasteiger partial charge < -0.3 is 10.1 Å². The molecular weight excluding hydrogens is 268 g/mol. The SMILES string of the molecule is COc1ccccc1CCNC(=O)c1n[nH]c(C2CC2)n1. The Balaban J connectivity index is 1.53. The Morgan fingerprint density at radius 1 is 1.43 bits per heavy atom. The molecule has 0 atom stereocenters. The first kappa shape index (κ1) is 13.6. The van der Waals surface area contributed by atoms with Crippen LogP contribution in [0.2, 0.25) is 0 Å². The van der Waals surface area contributed by atoms with Crippen molar-refractivity contribution in [3.63, 3.8) is 0 Å². The Bertz CT molecular complexity index is 634. The smallest absolute Gasteiger partial charge is 0.290 e. The third kappa shape index (κ3) is 3.21. The molecule has 21 heavy (non-hydrogen) atoms. The maximum Gasteiger partial charge on any atom is 0.290 e. The number of hydrogen-bond acceptors (Lipinski definition) is 4. The summed E-state index contributed by atoms with van der Waals surface area (Å²) < 4.78 is 5.28. The molecule has 3 rings (SSSR count). The van der Waals surface area contributed by atoms with Crippen LogP contribution in [0.5, 0.6) is 5.75 Å². The lowest BCUT2D eigenvalue weighted by Crippen LogP contribution is -2.26. The van der Waals surface area contributed by atoms with Crippen LogP contribution in [0.25, 0.3) is 0 Å². The first-order chi connectivity index (χ1) is 10.3. The molecule has 0 radical (unpaired) electrons. The van der Waals surface area contributed by atoms with E-state index in [4.69, 9.17) is 4.74 Å². The number of carbonyl (C=O) groups excluding carboxylic acids is 1. The van der Waals surface area contributed by atoms with Crippen molar-refractivity contribution in [2.75, 3.05) is 13.7 Å². The van der Waals surface area contributed by atoms with Gasteiger partial charge in [-0.3, -0.25) is 9.89 Å². The van der Waals surface area contributed by atoms with Crippen molar-refractivity contribution in [2.45, 2.75) is 25.2 Å². The van der Waals surface area contributed by atoms with E-state index in [-0.39, 0.29) is 11.7 Å².